The van der Waals surface area contributed by atoms with Gasteiger partial charge in [0.15, 0.2) is 12.3 Å². The molecular formula is C12H13NO5. The van der Waals surface area contributed by atoms with Crippen molar-refractivity contribution in [2.45, 2.75) is 6.92 Å². The molecule has 0 aliphatic rings. The monoisotopic (exact) mass is 251 g/mol. The van der Waals surface area contributed by atoms with Gasteiger partial charge in [-0.1, -0.05) is 18.2 Å². The van der Waals surface area contributed by atoms with Gasteiger partial charge < -0.3 is 15.1 Å². The van der Waals surface area contributed by atoms with Crippen molar-refractivity contribution in [1.82, 2.24) is 0 Å². The Morgan fingerprint density at radius 3 is 2.39 bits per heavy atom. The van der Waals surface area contributed by atoms with Crippen LogP contribution in [0.15, 0.2) is 42.2 Å². The smallest absolute Gasteiger partial charge is 0.397 e. The number of aliphatic hydroxyl groups is 1. The Balaban J connectivity index is 2.86. The summed E-state index contributed by atoms with van der Waals surface area (Å²) in [6.45, 7) is 0.938. The zero-order chi connectivity index (χ0) is 13.5. The van der Waals surface area contributed by atoms with Gasteiger partial charge in [0.2, 0.25) is 0 Å². The lowest BCUT2D eigenvalue weighted by Gasteiger charge is -2.20. The molecule has 96 valence electrons. The molecular weight excluding hydrogens is 238 g/mol. The van der Waals surface area contributed by atoms with E-state index in [1.54, 1.807) is 30.3 Å². The summed E-state index contributed by atoms with van der Waals surface area (Å²) in [6.07, 6.45) is 1.16. The zero-order valence-electron chi connectivity index (χ0n) is 9.74. The fourth-order valence-electron chi connectivity index (χ4n) is 1.16. The Hall–Kier alpha value is -2.50. The quantitative estimate of drug-likeness (QED) is 0.468. The van der Waals surface area contributed by atoms with Crippen molar-refractivity contribution in [2.24, 2.45) is 0 Å². The molecule has 0 aromatic heterocycles. The van der Waals surface area contributed by atoms with Gasteiger partial charge in [-0.2, -0.15) is 5.06 Å². The summed E-state index contributed by atoms with van der Waals surface area (Å²) < 4.78 is 0. The molecule has 2 N–H and O–H groups in total. The van der Waals surface area contributed by atoms with Crippen LogP contribution < -0.4 is 5.06 Å². The number of carboxylic acids is 1. The van der Waals surface area contributed by atoms with Gasteiger partial charge in [-0.05, 0) is 25.1 Å². The highest BCUT2D eigenvalue weighted by Crippen LogP contribution is 2.14. The number of aliphatic carboxylic acids is 1. The lowest BCUT2D eigenvalue weighted by Crippen LogP contribution is -2.32. The molecule has 0 heterocycles. The van der Waals surface area contributed by atoms with E-state index in [-0.39, 0.29) is 0 Å². The second kappa shape index (κ2) is 6.29. The summed E-state index contributed by atoms with van der Waals surface area (Å²) in [7, 11) is 0. The summed E-state index contributed by atoms with van der Waals surface area (Å²) in [6, 6.07) is 8.26. The molecule has 1 rings (SSSR count). The standard InChI is InChI=1S/C12H13NO5/c1-2-10(14)12(17)18-13(8-11(15)16)9-6-4-3-5-7-9/h2-7,14H,8H2,1H3,(H,15,16). The van der Waals surface area contributed by atoms with E-state index >= 15 is 0 Å². The molecule has 0 saturated carbocycles. The molecule has 0 spiro atoms. The van der Waals surface area contributed by atoms with Gasteiger partial charge in [0, 0.05) is 0 Å². The largest absolute Gasteiger partial charge is 0.502 e. The van der Waals surface area contributed by atoms with Crippen molar-refractivity contribution in [3.8, 4) is 0 Å². The minimum absolute atomic E-state index is 0.400. The van der Waals surface area contributed by atoms with Crippen molar-refractivity contribution in [3.63, 3.8) is 0 Å². The Labute approximate surface area is 104 Å². The Morgan fingerprint density at radius 2 is 1.89 bits per heavy atom. The summed E-state index contributed by atoms with van der Waals surface area (Å²) in [4.78, 5) is 26.9. The van der Waals surface area contributed by atoms with Crippen LogP contribution in [0.1, 0.15) is 6.92 Å². The number of rotatable bonds is 5. The number of carboxylic acid groups (broad SMARTS) is 1. The van der Waals surface area contributed by atoms with E-state index in [2.05, 4.69) is 0 Å². The number of para-hydroxylation sites is 1. The molecule has 0 saturated heterocycles. The molecule has 18 heavy (non-hydrogen) atoms. The number of aliphatic hydroxyl groups excluding tert-OH is 1. The number of hydrogen-bond acceptors (Lipinski definition) is 5. The third-order valence-electron chi connectivity index (χ3n) is 2.00. The van der Waals surface area contributed by atoms with E-state index < -0.39 is 24.2 Å². The number of benzene rings is 1. The van der Waals surface area contributed by atoms with Crippen LogP contribution in [0.25, 0.3) is 0 Å². The number of allylic oxidation sites excluding steroid dienone is 1. The van der Waals surface area contributed by atoms with Gasteiger partial charge in [-0.25, -0.2) is 4.79 Å². The topological polar surface area (TPSA) is 87.1 Å². The molecule has 0 unspecified atom stereocenters. The maximum absolute atomic E-state index is 11.4. The zero-order valence-corrected chi connectivity index (χ0v) is 9.74. The fraction of sp³-hybridized carbons (Fsp3) is 0.167. The predicted molar refractivity (Wildman–Crippen MR) is 63.9 cm³/mol. The molecule has 0 aliphatic carbocycles. The summed E-state index contributed by atoms with van der Waals surface area (Å²) in [5, 5.41) is 18.8. The summed E-state index contributed by atoms with van der Waals surface area (Å²) in [5.41, 5.74) is 0.400. The lowest BCUT2D eigenvalue weighted by atomic mass is 10.3. The highest BCUT2D eigenvalue weighted by atomic mass is 16.7. The van der Waals surface area contributed by atoms with Crippen LogP contribution in [-0.4, -0.2) is 28.7 Å². The lowest BCUT2D eigenvalue weighted by molar-refractivity contribution is -0.146. The van der Waals surface area contributed by atoms with Gasteiger partial charge >= 0.3 is 11.9 Å². The molecule has 0 fully saturated rings. The van der Waals surface area contributed by atoms with Crippen LogP contribution in [0.5, 0.6) is 0 Å². The molecule has 0 atom stereocenters. The molecule has 6 heteroatoms. The highest BCUT2D eigenvalue weighted by Gasteiger charge is 2.18. The first-order valence-electron chi connectivity index (χ1n) is 5.16. The van der Waals surface area contributed by atoms with Crippen molar-refractivity contribution in [2.75, 3.05) is 11.6 Å². The van der Waals surface area contributed by atoms with E-state index in [0.29, 0.717) is 5.69 Å². The van der Waals surface area contributed by atoms with E-state index in [1.165, 1.54) is 6.92 Å². The first kappa shape index (κ1) is 13.6. The van der Waals surface area contributed by atoms with Gasteiger partial charge in [0.25, 0.3) is 0 Å². The average molecular weight is 251 g/mol. The number of hydrogen-bond donors (Lipinski definition) is 2. The van der Waals surface area contributed by atoms with Gasteiger partial charge in [-0.15, -0.1) is 0 Å². The average Bonchev–Trinajstić information content (AvgIpc) is 2.37. The summed E-state index contributed by atoms with van der Waals surface area (Å²) in [5.74, 6) is -2.75. The van der Waals surface area contributed by atoms with Crippen LogP contribution in [0.2, 0.25) is 0 Å². The minimum Gasteiger partial charge on any atom is -0.502 e. The van der Waals surface area contributed by atoms with Crippen LogP contribution >= 0.6 is 0 Å². The molecule has 0 radical (unpaired) electrons. The number of anilines is 1. The Bertz CT molecular complexity index is 455. The van der Waals surface area contributed by atoms with Gasteiger partial charge in [-0.3, -0.25) is 4.79 Å². The van der Waals surface area contributed by atoms with Crippen molar-refractivity contribution in [3.05, 3.63) is 42.2 Å². The van der Waals surface area contributed by atoms with Crippen molar-refractivity contribution in [1.29, 1.82) is 0 Å². The first-order valence-corrected chi connectivity index (χ1v) is 5.16. The van der Waals surface area contributed by atoms with Crippen LogP contribution in [0.4, 0.5) is 5.69 Å². The molecule has 0 aliphatic heterocycles. The summed E-state index contributed by atoms with van der Waals surface area (Å²) >= 11 is 0. The maximum atomic E-state index is 11.4. The third-order valence-corrected chi connectivity index (χ3v) is 2.00. The number of nitrogens with zero attached hydrogens (tertiary/aromatic N) is 1. The number of carbonyl (C=O) groups excluding carboxylic acids is 1. The van der Waals surface area contributed by atoms with E-state index in [1.807, 2.05) is 0 Å². The van der Waals surface area contributed by atoms with Gasteiger partial charge in [0.05, 0.1) is 5.69 Å². The van der Waals surface area contributed by atoms with E-state index in [9.17, 15) is 9.59 Å². The fourth-order valence-corrected chi connectivity index (χ4v) is 1.16. The number of hydroxylamine groups is 1. The predicted octanol–water partition coefficient (Wildman–Crippen LogP) is 1.50. The van der Waals surface area contributed by atoms with Crippen LogP contribution in [-0.2, 0) is 14.4 Å². The second-order valence-electron chi connectivity index (χ2n) is 3.32. The first-order chi connectivity index (χ1) is 8.54. The van der Waals surface area contributed by atoms with Crippen molar-refractivity contribution < 1.29 is 24.6 Å². The van der Waals surface area contributed by atoms with E-state index in [4.69, 9.17) is 15.1 Å². The van der Waals surface area contributed by atoms with E-state index in [0.717, 1.165) is 11.1 Å². The van der Waals surface area contributed by atoms with Crippen LogP contribution in [0, 0.1) is 0 Å². The highest BCUT2D eigenvalue weighted by molar-refractivity contribution is 5.87. The maximum Gasteiger partial charge on any atom is 0.397 e. The second-order valence-corrected chi connectivity index (χ2v) is 3.32. The molecule has 0 amide bonds. The minimum atomic E-state index is -1.16. The molecule has 1 aromatic carbocycles. The van der Waals surface area contributed by atoms with Crippen LogP contribution in [0.3, 0.4) is 0 Å². The molecule has 6 nitrogen and oxygen atoms in total. The van der Waals surface area contributed by atoms with Gasteiger partial charge in [0.1, 0.15) is 0 Å². The Morgan fingerprint density at radius 1 is 1.28 bits per heavy atom. The van der Waals surface area contributed by atoms with Crippen molar-refractivity contribution >= 4 is 17.6 Å². The molecule has 1 aromatic rings. The third kappa shape index (κ3) is 3.82. The number of carbonyl (C=O) groups is 2. The SMILES string of the molecule is CC=C(O)C(=O)ON(CC(=O)O)c1ccccc1. The Kier molecular flexibility index (Phi) is 4.74. The molecule has 0 bridgehead atoms. The normalized spacial score (nSPS) is 10.8.